The maximum Gasteiger partial charge on any atom is 0.193 e. The summed E-state index contributed by atoms with van der Waals surface area (Å²) in [6.45, 7) is 4.25. The van der Waals surface area contributed by atoms with Crippen LogP contribution in [-0.2, 0) is 13.6 Å². The molecule has 0 amide bonds. The molecule has 25 heavy (non-hydrogen) atoms. The topological polar surface area (TPSA) is 35.8 Å². The standard InChI is InChI=1S/C18H30BrN5.HI/c1-20-18(23(3)13-17-10-15(19)12-22(17)2)21-8-9-24(16-6-7-16)11-14-4-5-14;/h10,12,14,16H,4-9,11,13H2,1-3H3,(H,20,21);1H. The van der Waals surface area contributed by atoms with Gasteiger partial charge in [0.05, 0.1) is 6.54 Å². The van der Waals surface area contributed by atoms with Gasteiger partial charge < -0.3 is 14.8 Å². The molecule has 1 heterocycles. The highest BCUT2D eigenvalue weighted by molar-refractivity contribution is 14.0. The third kappa shape index (κ3) is 6.43. The monoisotopic (exact) mass is 523 g/mol. The molecule has 0 aromatic carbocycles. The molecule has 0 bridgehead atoms. The number of nitrogens with one attached hydrogen (secondary N) is 1. The van der Waals surface area contributed by atoms with E-state index in [1.54, 1.807) is 0 Å². The first-order valence-electron chi connectivity index (χ1n) is 9.03. The minimum Gasteiger partial charge on any atom is -0.355 e. The van der Waals surface area contributed by atoms with Crippen molar-refractivity contribution >= 4 is 45.9 Å². The third-order valence-corrected chi connectivity index (χ3v) is 5.42. The van der Waals surface area contributed by atoms with Gasteiger partial charge in [-0.05, 0) is 53.6 Å². The van der Waals surface area contributed by atoms with Crippen LogP contribution in [0.5, 0.6) is 0 Å². The van der Waals surface area contributed by atoms with Crippen molar-refractivity contribution in [2.75, 3.05) is 33.7 Å². The van der Waals surface area contributed by atoms with E-state index < -0.39 is 0 Å². The summed E-state index contributed by atoms with van der Waals surface area (Å²) in [6, 6.07) is 3.02. The van der Waals surface area contributed by atoms with Crippen LogP contribution in [-0.4, -0.2) is 60.1 Å². The van der Waals surface area contributed by atoms with Crippen LogP contribution < -0.4 is 5.32 Å². The van der Waals surface area contributed by atoms with Gasteiger partial charge in [0.2, 0.25) is 0 Å². The molecule has 0 aliphatic heterocycles. The maximum absolute atomic E-state index is 4.44. The molecule has 3 rings (SSSR count). The van der Waals surface area contributed by atoms with Crippen molar-refractivity contribution < 1.29 is 0 Å². The van der Waals surface area contributed by atoms with Gasteiger partial charge in [0.25, 0.3) is 0 Å². The first kappa shape index (κ1) is 21.0. The molecule has 0 saturated heterocycles. The van der Waals surface area contributed by atoms with Gasteiger partial charge in [0, 0.05) is 63.2 Å². The minimum atomic E-state index is 0. The molecule has 7 heteroatoms. The Hall–Kier alpha value is -0.280. The van der Waals surface area contributed by atoms with Crippen LogP contribution in [0.4, 0.5) is 0 Å². The first-order chi connectivity index (χ1) is 11.6. The molecule has 1 aromatic rings. The fourth-order valence-corrected chi connectivity index (χ4v) is 3.80. The Kier molecular flexibility index (Phi) is 8.07. The summed E-state index contributed by atoms with van der Waals surface area (Å²) < 4.78 is 3.27. The van der Waals surface area contributed by atoms with Gasteiger partial charge in [-0.3, -0.25) is 9.89 Å². The van der Waals surface area contributed by atoms with Crippen molar-refractivity contribution in [3.05, 3.63) is 22.4 Å². The molecule has 2 fully saturated rings. The van der Waals surface area contributed by atoms with Gasteiger partial charge in [-0.15, -0.1) is 24.0 Å². The van der Waals surface area contributed by atoms with Gasteiger partial charge in [-0.1, -0.05) is 0 Å². The normalized spacial score (nSPS) is 17.6. The molecule has 2 aliphatic rings. The summed E-state index contributed by atoms with van der Waals surface area (Å²) in [5.74, 6) is 1.94. The Balaban J connectivity index is 0.00000225. The van der Waals surface area contributed by atoms with E-state index in [4.69, 9.17) is 0 Å². The van der Waals surface area contributed by atoms with Crippen molar-refractivity contribution in [3.63, 3.8) is 0 Å². The summed E-state index contributed by atoms with van der Waals surface area (Å²) >= 11 is 3.54. The SMILES string of the molecule is CN=C(NCCN(CC1CC1)C1CC1)N(C)Cc1cc(Br)cn1C.I. The molecule has 0 atom stereocenters. The summed E-state index contributed by atoms with van der Waals surface area (Å²) in [4.78, 5) is 9.31. The number of aromatic nitrogens is 1. The Labute approximate surface area is 177 Å². The Bertz CT molecular complexity index is 580. The highest BCUT2D eigenvalue weighted by Crippen LogP contribution is 2.34. The van der Waals surface area contributed by atoms with Crippen LogP contribution in [0.15, 0.2) is 21.7 Å². The lowest BCUT2D eigenvalue weighted by molar-refractivity contribution is 0.255. The number of hydrogen-bond acceptors (Lipinski definition) is 2. The zero-order chi connectivity index (χ0) is 17.1. The lowest BCUT2D eigenvalue weighted by Crippen LogP contribution is -2.43. The van der Waals surface area contributed by atoms with Gasteiger partial charge in [-0.25, -0.2) is 0 Å². The van der Waals surface area contributed by atoms with E-state index in [1.807, 2.05) is 7.05 Å². The second kappa shape index (κ2) is 9.60. The first-order valence-corrected chi connectivity index (χ1v) is 9.82. The fourth-order valence-electron chi connectivity index (χ4n) is 3.23. The number of guanidine groups is 1. The fraction of sp³-hybridized carbons (Fsp3) is 0.722. The van der Waals surface area contributed by atoms with E-state index in [-0.39, 0.29) is 24.0 Å². The molecular formula is C18H31BrIN5. The van der Waals surface area contributed by atoms with Gasteiger partial charge in [0.15, 0.2) is 5.96 Å². The van der Waals surface area contributed by atoms with E-state index in [1.165, 1.54) is 37.9 Å². The number of hydrogen-bond donors (Lipinski definition) is 1. The summed E-state index contributed by atoms with van der Waals surface area (Å²) in [5.41, 5.74) is 1.26. The third-order valence-electron chi connectivity index (χ3n) is 4.98. The van der Waals surface area contributed by atoms with Crippen LogP contribution in [0.25, 0.3) is 0 Å². The molecule has 142 valence electrons. The van der Waals surface area contributed by atoms with Crippen LogP contribution in [0.1, 0.15) is 31.4 Å². The largest absolute Gasteiger partial charge is 0.355 e. The van der Waals surface area contributed by atoms with Crippen LogP contribution in [0.2, 0.25) is 0 Å². The van der Waals surface area contributed by atoms with Crippen LogP contribution >= 0.6 is 39.9 Å². The lowest BCUT2D eigenvalue weighted by Gasteiger charge is -2.25. The van der Waals surface area contributed by atoms with Crippen molar-refractivity contribution in [2.45, 2.75) is 38.3 Å². The van der Waals surface area contributed by atoms with Crippen LogP contribution in [0, 0.1) is 5.92 Å². The van der Waals surface area contributed by atoms with E-state index >= 15 is 0 Å². The second-order valence-corrected chi connectivity index (χ2v) is 8.18. The summed E-state index contributed by atoms with van der Waals surface area (Å²) in [7, 11) is 6.04. The maximum atomic E-state index is 4.44. The van der Waals surface area contributed by atoms with E-state index in [0.29, 0.717) is 0 Å². The van der Waals surface area contributed by atoms with Crippen LogP contribution in [0.3, 0.4) is 0 Å². The number of nitrogens with zero attached hydrogens (tertiary/aromatic N) is 4. The van der Waals surface area contributed by atoms with Gasteiger partial charge in [-0.2, -0.15) is 0 Å². The molecule has 2 aliphatic carbocycles. The van der Waals surface area contributed by atoms with Crippen molar-refractivity contribution in [3.8, 4) is 0 Å². The quantitative estimate of drug-likeness (QED) is 0.322. The predicted molar refractivity (Wildman–Crippen MR) is 119 cm³/mol. The van der Waals surface area contributed by atoms with E-state index in [9.17, 15) is 0 Å². The zero-order valence-electron chi connectivity index (χ0n) is 15.5. The smallest absolute Gasteiger partial charge is 0.193 e. The highest BCUT2D eigenvalue weighted by Gasteiger charge is 2.33. The number of aliphatic imine (C=N–C) groups is 1. The Morgan fingerprint density at radius 1 is 1.36 bits per heavy atom. The molecule has 2 saturated carbocycles. The zero-order valence-corrected chi connectivity index (χ0v) is 19.5. The van der Waals surface area contributed by atoms with Gasteiger partial charge >= 0.3 is 0 Å². The van der Waals surface area contributed by atoms with E-state index in [0.717, 1.165) is 42.0 Å². The van der Waals surface area contributed by atoms with Crippen molar-refractivity contribution in [1.29, 1.82) is 0 Å². The molecule has 0 unspecified atom stereocenters. The molecule has 1 N–H and O–H groups in total. The Morgan fingerprint density at radius 2 is 2.08 bits per heavy atom. The average Bonchev–Trinajstić information content (AvgIpc) is 3.43. The average molecular weight is 524 g/mol. The summed E-state index contributed by atoms with van der Waals surface area (Å²) in [5, 5.41) is 3.54. The molecule has 0 spiro atoms. The summed E-state index contributed by atoms with van der Waals surface area (Å²) in [6.07, 6.45) is 7.75. The number of halogens is 2. The van der Waals surface area contributed by atoms with E-state index in [2.05, 4.69) is 67.0 Å². The van der Waals surface area contributed by atoms with Crippen molar-refractivity contribution in [2.24, 2.45) is 18.0 Å². The second-order valence-electron chi connectivity index (χ2n) is 7.26. The molecule has 5 nitrogen and oxygen atoms in total. The molecular weight excluding hydrogens is 493 g/mol. The predicted octanol–water partition coefficient (Wildman–Crippen LogP) is 3.29. The minimum absolute atomic E-state index is 0. The molecule has 1 aromatic heterocycles. The molecule has 0 radical (unpaired) electrons. The highest BCUT2D eigenvalue weighted by atomic mass is 127. The number of rotatable bonds is 8. The lowest BCUT2D eigenvalue weighted by atomic mass is 10.3. The van der Waals surface area contributed by atoms with Gasteiger partial charge in [0.1, 0.15) is 0 Å². The van der Waals surface area contributed by atoms with Crippen molar-refractivity contribution in [1.82, 2.24) is 19.7 Å². The Morgan fingerprint density at radius 3 is 2.60 bits per heavy atom. The number of aryl methyl sites for hydroxylation is 1.